The van der Waals surface area contributed by atoms with Crippen LogP contribution in [0.25, 0.3) is 0 Å². The van der Waals surface area contributed by atoms with E-state index in [-0.39, 0.29) is 0 Å². The lowest BCUT2D eigenvalue weighted by atomic mass is 10.1. The minimum atomic E-state index is 0.924. The Kier molecular flexibility index (Phi) is 8.52. The summed E-state index contributed by atoms with van der Waals surface area (Å²) in [6.07, 6.45) is 10.6. The van der Waals surface area contributed by atoms with Crippen molar-refractivity contribution < 1.29 is 0 Å². The Morgan fingerprint density at radius 1 is 1.21 bits per heavy atom. The molecule has 0 N–H and O–H groups in total. The van der Waals surface area contributed by atoms with E-state index in [1.807, 2.05) is 35.5 Å². The van der Waals surface area contributed by atoms with Gasteiger partial charge in [-0.25, -0.2) is 5.01 Å². The number of allylic oxidation sites excluding steroid dienone is 5. The molecule has 0 spiro atoms. The van der Waals surface area contributed by atoms with Crippen LogP contribution in [0, 0.1) is 6.92 Å². The molecule has 1 aliphatic heterocycles. The molecule has 0 bridgehead atoms. The molecular formula is C21H29N3. The predicted octanol–water partition coefficient (Wildman–Crippen LogP) is 4.94. The minimum absolute atomic E-state index is 0.924. The number of nitrogens with zero attached hydrogens (tertiary/aromatic N) is 3. The Labute approximate surface area is 147 Å². The maximum absolute atomic E-state index is 4.41. The molecule has 3 heteroatoms. The number of hydrogen-bond donors (Lipinski definition) is 0. The molecule has 0 radical (unpaired) electrons. The summed E-state index contributed by atoms with van der Waals surface area (Å²) in [5.74, 6) is 0. The van der Waals surface area contributed by atoms with E-state index < -0.39 is 0 Å². The maximum atomic E-state index is 4.41. The highest BCUT2D eigenvalue weighted by molar-refractivity contribution is 5.84. The van der Waals surface area contributed by atoms with Gasteiger partial charge in [0.25, 0.3) is 0 Å². The highest BCUT2D eigenvalue weighted by Crippen LogP contribution is 2.18. The Morgan fingerprint density at radius 3 is 2.38 bits per heavy atom. The third kappa shape index (κ3) is 7.25. The Bertz CT molecular complexity index is 619. The fourth-order valence-electron chi connectivity index (χ4n) is 2.04. The zero-order chi connectivity index (χ0) is 17.9. The molecule has 0 aromatic heterocycles. The van der Waals surface area contributed by atoms with Crippen molar-refractivity contribution >= 4 is 11.9 Å². The van der Waals surface area contributed by atoms with Gasteiger partial charge in [0.15, 0.2) is 0 Å². The molecule has 0 fully saturated rings. The lowest BCUT2D eigenvalue weighted by Gasteiger charge is -2.16. The van der Waals surface area contributed by atoms with Gasteiger partial charge in [0.2, 0.25) is 0 Å². The summed E-state index contributed by atoms with van der Waals surface area (Å²) < 4.78 is 0. The first-order valence-electron chi connectivity index (χ1n) is 8.22. The average Bonchev–Trinajstić information content (AvgIpc) is 2.53. The first-order chi connectivity index (χ1) is 11.5. The van der Waals surface area contributed by atoms with Gasteiger partial charge in [-0.15, -0.1) is 0 Å². The number of benzene rings is 1. The van der Waals surface area contributed by atoms with E-state index in [0.29, 0.717) is 0 Å². The zero-order valence-electron chi connectivity index (χ0n) is 15.4. The van der Waals surface area contributed by atoms with E-state index in [2.05, 4.69) is 63.2 Å². The molecule has 0 atom stereocenters. The smallest absolute Gasteiger partial charge is 0.0645 e. The summed E-state index contributed by atoms with van der Waals surface area (Å²) in [7, 11) is 4.17. The van der Waals surface area contributed by atoms with Crippen LogP contribution in [0.15, 0.2) is 78.1 Å². The van der Waals surface area contributed by atoms with Crippen LogP contribution in [0.5, 0.6) is 0 Å². The van der Waals surface area contributed by atoms with E-state index in [1.54, 1.807) is 12.3 Å². The molecule has 0 saturated carbocycles. The molecule has 128 valence electrons. The summed E-state index contributed by atoms with van der Waals surface area (Å²) in [5, 5.41) is 6.23. The highest BCUT2D eigenvalue weighted by atomic mass is 15.4. The van der Waals surface area contributed by atoms with Gasteiger partial charge in [0.1, 0.15) is 0 Å². The second kappa shape index (κ2) is 10.4. The van der Waals surface area contributed by atoms with Gasteiger partial charge < -0.3 is 4.90 Å². The van der Waals surface area contributed by atoms with Gasteiger partial charge in [-0.1, -0.05) is 43.9 Å². The van der Waals surface area contributed by atoms with Gasteiger partial charge >= 0.3 is 0 Å². The number of hydrogen-bond acceptors (Lipinski definition) is 3. The van der Waals surface area contributed by atoms with E-state index in [1.165, 1.54) is 18.5 Å². The summed E-state index contributed by atoms with van der Waals surface area (Å²) in [6, 6.07) is 8.21. The van der Waals surface area contributed by atoms with Gasteiger partial charge in [-0.3, -0.25) is 0 Å². The molecule has 24 heavy (non-hydrogen) atoms. The molecule has 0 aliphatic carbocycles. The van der Waals surface area contributed by atoms with E-state index >= 15 is 0 Å². The van der Waals surface area contributed by atoms with Crippen molar-refractivity contribution in [3.63, 3.8) is 0 Å². The van der Waals surface area contributed by atoms with Crippen molar-refractivity contribution in [3.05, 3.63) is 78.6 Å². The van der Waals surface area contributed by atoms with Crippen molar-refractivity contribution in [1.29, 1.82) is 0 Å². The average molecular weight is 323 g/mol. The van der Waals surface area contributed by atoms with Crippen molar-refractivity contribution in [2.45, 2.75) is 20.3 Å². The second-order valence-corrected chi connectivity index (χ2v) is 5.97. The zero-order valence-corrected chi connectivity index (χ0v) is 15.4. The number of rotatable bonds is 4. The molecule has 1 aromatic carbocycles. The quantitative estimate of drug-likeness (QED) is 0.781. The third-order valence-electron chi connectivity index (χ3n) is 3.32. The summed E-state index contributed by atoms with van der Waals surface area (Å²) in [4.78, 5) is 2.18. The molecule has 0 unspecified atom stereocenters. The topological polar surface area (TPSA) is 18.8 Å². The van der Waals surface area contributed by atoms with Crippen molar-refractivity contribution in [3.8, 4) is 0 Å². The van der Waals surface area contributed by atoms with E-state index in [4.69, 9.17) is 0 Å². The lowest BCUT2D eigenvalue weighted by molar-refractivity contribution is 0.408. The largest absolute Gasteiger partial charge is 0.309 e. The monoisotopic (exact) mass is 323 g/mol. The summed E-state index contributed by atoms with van der Waals surface area (Å²) in [5.41, 5.74) is 4.12. The van der Waals surface area contributed by atoms with Crippen LogP contribution in [0.4, 0.5) is 5.69 Å². The second-order valence-electron chi connectivity index (χ2n) is 5.97. The Balaban J connectivity index is 0.000000413. The Morgan fingerprint density at radius 2 is 1.88 bits per heavy atom. The predicted molar refractivity (Wildman–Crippen MR) is 108 cm³/mol. The fraction of sp³-hybridized carbons (Fsp3) is 0.286. The number of aryl methyl sites for hydroxylation is 1. The molecule has 0 amide bonds. The van der Waals surface area contributed by atoms with Crippen LogP contribution in [-0.4, -0.2) is 31.8 Å². The summed E-state index contributed by atoms with van der Waals surface area (Å²) in [6.45, 7) is 13.2. The van der Waals surface area contributed by atoms with E-state index in [0.717, 1.165) is 16.8 Å². The van der Waals surface area contributed by atoms with Crippen LogP contribution >= 0.6 is 0 Å². The maximum Gasteiger partial charge on any atom is 0.0645 e. The molecule has 2 rings (SSSR count). The molecule has 1 aliphatic rings. The van der Waals surface area contributed by atoms with Crippen molar-refractivity contribution in [2.24, 2.45) is 5.10 Å². The summed E-state index contributed by atoms with van der Waals surface area (Å²) >= 11 is 0. The van der Waals surface area contributed by atoms with Crippen LogP contribution in [0.2, 0.25) is 0 Å². The standard InChI is InChI=1S/C16H16N2.C5H13N/c1-4-15-11-14(3)9-10-18(17-12-15)16-7-5-13(2)6-8-16;1-4-5-6(2)3/h4-12H,1,3H2,2H3;4-5H2,1-3H3/b10-9-,15-11-,17-12-;. The molecule has 1 heterocycles. The molecular weight excluding hydrogens is 294 g/mol. The molecule has 0 saturated heterocycles. The van der Waals surface area contributed by atoms with Gasteiger partial charge in [-0.05, 0) is 69.4 Å². The van der Waals surface area contributed by atoms with Crippen LogP contribution in [-0.2, 0) is 0 Å². The minimum Gasteiger partial charge on any atom is -0.309 e. The van der Waals surface area contributed by atoms with Crippen LogP contribution in [0.3, 0.4) is 0 Å². The third-order valence-corrected chi connectivity index (χ3v) is 3.32. The molecule has 3 nitrogen and oxygen atoms in total. The highest BCUT2D eigenvalue weighted by Gasteiger charge is 2.02. The van der Waals surface area contributed by atoms with Crippen molar-refractivity contribution in [2.75, 3.05) is 25.6 Å². The van der Waals surface area contributed by atoms with Gasteiger partial charge in [0.05, 0.1) is 11.9 Å². The lowest BCUT2D eigenvalue weighted by Crippen LogP contribution is -2.11. The first kappa shape index (κ1) is 19.7. The first-order valence-corrected chi connectivity index (χ1v) is 8.22. The van der Waals surface area contributed by atoms with E-state index in [9.17, 15) is 0 Å². The van der Waals surface area contributed by atoms with Crippen LogP contribution in [0.1, 0.15) is 18.9 Å². The van der Waals surface area contributed by atoms with Gasteiger partial charge in [0, 0.05) is 6.20 Å². The molecule has 1 aromatic rings. The fourth-order valence-corrected chi connectivity index (χ4v) is 2.04. The van der Waals surface area contributed by atoms with Crippen LogP contribution < -0.4 is 5.01 Å². The Hall–Kier alpha value is -2.39. The number of anilines is 1. The normalized spacial score (nSPS) is 18.6. The van der Waals surface area contributed by atoms with Crippen molar-refractivity contribution in [1.82, 2.24) is 4.90 Å². The number of hydrazone groups is 1. The van der Waals surface area contributed by atoms with Gasteiger partial charge in [-0.2, -0.15) is 5.10 Å². The SMILES string of the molecule is C=CC1=C/C(=C)/C=C\N(c2ccc(C)cc2)/N=C\1.CCCN(C)C.